The summed E-state index contributed by atoms with van der Waals surface area (Å²) in [4.78, 5) is 17.1. The number of rotatable bonds is 6. The molecule has 0 aliphatic heterocycles. The third-order valence-electron chi connectivity index (χ3n) is 4.77. The van der Waals surface area contributed by atoms with Gasteiger partial charge in [-0.15, -0.1) is 0 Å². The van der Waals surface area contributed by atoms with Crippen LogP contribution < -0.4 is 5.32 Å². The van der Waals surface area contributed by atoms with Gasteiger partial charge in [0.1, 0.15) is 0 Å². The molecule has 23 heavy (non-hydrogen) atoms. The topological polar surface area (TPSA) is 88.2 Å². The normalized spacial score (nSPS) is 15.1. The zero-order valence-electron chi connectivity index (χ0n) is 13.8. The largest absolute Gasteiger partial charge is 0.388 e. The minimum absolute atomic E-state index is 0.217. The van der Waals surface area contributed by atoms with E-state index in [1.807, 2.05) is 19.9 Å². The van der Waals surface area contributed by atoms with Gasteiger partial charge >= 0.3 is 0 Å². The molecule has 1 saturated carbocycles. The van der Waals surface area contributed by atoms with Crippen LogP contribution in [0.15, 0.2) is 10.6 Å². The van der Waals surface area contributed by atoms with Crippen LogP contribution in [0.1, 0.15) is 67.2 Å². The zero-order valence-corrected chi connectivity index (χ0v) is 13.8. The molecule has 1 aliphatic rings. The Hall–Kier alpha value is -1.95. The van der Waals surface area contributed by atoms with Crippen molar-refractivity contribution in [3.05, 3.63) is 23.0 Å². The molecule has 0 aromatic carbocycles. The summed E-state index contributed by atoms with van der Waals surface area (Å²) in [6.07, 6.45) is 3.38. The number of aromatic nitrogens is 2. The van der Waals surface area contributed by atoms with Crippen molar-refractivity contribution < 1.29 is 14.4 Å². The maximum atomic E-state index is 12.7. The molecular weight excluding hydrogens is 294 g/mol. The van der Waals surface area contributed by atoms with Gasteiger partial charge in [-0.3, -0.25) is 4.79 Å². The van der Waals surface area contributed by atoms with Gasteiger partial charge in [0.25, 0.3) is 11.6 Å². The molecule has 2 aromatic rings. The number of fused-ring (bicyclic) bond motifs is 1. The fourth-order valence-electron chi connectivity index (χ4n) is 2.72. The summed E-state index contributed by atoms with van der Waals surface area (Å²) in [6, 6.07) is 1.84. The Morgan fingerprint density at radius 2 is 2.13 bits per heavy atom. The second kappa shape index (κ2) is 5.92. The van der Waals surface area contributed by atoms with E-state index in [4.69, 9.17) is 4.52 Å². The highest BCUT2D eigenvalue weighted by Crippen LogP contribution is 2.40. The van der Waals surface area contributed by atoms with E-state index in [2.05, 4.69) is 15.5 Å². The number of hydrogen-bond donors (Lipinski definition) is 2. The van der Waals surface area contributed by atoms with Crippen molar-refractivity contribution in [3.63, 3.8) is 0 Å². The lowest BCUT2D eigenvalue weighted by Crippen LogP contribution is -2.42. The van der Waals surface area contributed by atoms with Crippen LogP contribution in [0.25, 0.3) is 11.1 Å². The average molecular weight is 317 g/mol. The van der Waals surface area contributed by atoms with Crippen molar-refractivity contribution in [1.82, 2.24) is 15.5 Å². The first-order valence-corrected chi connectivity index (χ1v) is 8.25. The Bertz CT molecular complexity index is 730. The van der Waals surface area contributed by atoms with Crippen LogP contribution in [0.2, 0.25) is 0 Å². The second-order valence-electron chi connectivity index (χ2n) is 6.43. The molecule has 1 fully saturated rings. The molecule has 124 valence electrons. The smallest absolute Gasteiger partial charge is 0.259 e. The van der Waals surface area contributed by atoms with Crippen LogP contribution in [0.4, 0.5) is 0 Å². The molecule has 2 aromatic heterocycles. The van der Waals surface area contributed by atoms with Crippen LogP contribution in [0.3, 0.4) is 0 Å². The molecule has 0 atom stereocenters. The Morgan fingerprint density at radius 3 is 2.74 bits per heavy atom. The van der Waals surface area contributed by atoms with E-state index in [0.29, 0.717) is 41.1 Å². The predicted molar refractivity (Wildman–Crippen MR) is 86.4 cm³/mol. The highest BCUT2D eigenvalue weighted by atomic mass is 16.5. The highest BCUT2D eigenvalue weighted by Gasteiger charge is 2.29. The third-order valence-corrected chi connectivity index (χ3v) is 4.77. The summed E-state index contributed by atoms with van der Waals surface area (Å²) in [6.45, 7) is 5.85. The van der Waals surface area contributed by atoms with Gasteiger partial charge in [0.15, 0.2) is 0 Å². The van der Waals surface area contributed by atoms with Crippen molar-refractivity contribution in [2.24, 2.45) is 0 Å². The number of aliphatic hydroxyl groups is 1. The first-order valence-electron chi connectivity index (χ1n) is 8.25. The Labute approximate surface area is 135 Å². The van der Waals surface area contributed by atoms with E-state index < -0.39 is 5.60 Å². The van der Waals surface area contributed by atoms with Crippen molar-refractivity contribution in [2.45, 2.75) is 58.0 Å². The van der Waals surface area contributed by atoms with Gasteiger partial charge in [0.05, 0.1) is 22.2 Å². The summed E-state index contributed by atoms with van der Waals surface area (Å²) >= 11 is 0. The number of aryl methyl sites for hydroxylation is 1. The molecule has 2 N–H and O–H groups in total. The van der Waals surface area contributed by atoms with Gasteiger partial charge in [-0.2, -0.15) is 0 Å². The van der Waals surface area contributed by atoms with Gasteiger partial charge in [0, 0.05) is 18.2 Å². The predicted octanol–water partition coefficient (Wildman–Crippen LogP) is 2.69. The quantitative estimate of drug-likeness (QED) is 0.855. The van der Waals surface area contributed by atoms with Crippen LogP contribution >= 0.6 is 0 Å². The standard InChI is InChI=1S/C17H23N3O3/c1-4-17(22,5-2)9-18-15(21)12-8-13(11-6-7-11)19-16-14(12)10(3)20-23-16/h8,11,22H,4-7,9H2,1-3H3,(H,18,21). The molecule has 0 unspecified atom stereocenters. The first kappa shape index (κ1) is 15.9. The Balaban J connectivity index is 1.91. The maximum absolute atomic E-state index is 12.7. The summed E-state index contributed by atoms with van der Waals surface area (Å²) in [7, 11) is 0. The number of nitrogens with zero attached hydrogens (tertiary/aromatic N) is 2. The summed E-state index contributed by atoms with van der Waals surface area (Å²) in [5.41, 5.74) is 1.62. The minimum Gasteiger partial charge on any atom is -0.388 e. The summed E-state index contributed by atoms with van der Waals surface area (Å²) < 4.78 is 5.26. The molecule has 0 spiro atoms. The maximum Gasteiger partial charge on any atom is 0.259 e. The molecule has 0 radical (unpaired) electrons. The first-order chi connectivity index (χ1) is 11.0. The van der Waals surface area contributed by atoms with Crippen LogP contribution in [0.5, 0.6) is 0 Å². The van der Waals surface area contributed by atoms with E-state index in [0.717, 1.165) is 18.5 Å². The van der Waals surface area contributed by atoms with Crippen LogP contribution in [-0.4, -0.2) is 33.3 Å². The number of amides is 1. The SMILES string of the molecule is CCC(O)(CC)CNC(=O)c1cc(C2CC2)nc2onc(C)c12. The van der Waals surface area contributed by atoms with Gasteiger partial charge in [-0.25, -0.2) is 4.98 Å². The lowest BCUT2D eigenvalue weighted by molar-refractivity contribution is 0.0314. The Morgan fingerprint density at radius 1 is 1.43 bits per heavy atom. The summed E-state index contributed by atoms with van der Waals surface area (Å²) in [5.74, 6) is 0.200. The monoisotopic (exact) mass is 317 g/mol. The van der Waals surface area contributed by atoms with Crippen molar-refractivity contribution >= 4 is 17.0 Å². The summed E-state index contributed by atoms with van der Waals surface area (Å²) in [5, 5.41) is 17.8. The fraction of sp³-hybridized carbons (Fsp3) is 0.588. The highest BCUT2D eigenvalue weighted by molar-refractivity contribution is 6.06. The van der Waals surface area contributed by atoms with E-state index in [-0.39, 0.29) is 12.5 Å². The van der Waals surface area contributed by atoms with E-state index in [9.17, 15) is 9.90 Å². The van der Waals surface area contributed by atoms with Gasteiger partial charge in [0.2, 0.25) is 0 Å². The molecule has 2 heterocycles. The zero-order chi connectivity index (χ0) is 16.6. The van der Waals surface area contributed by atoms with Crippen LogP contribution in [0, 0.1) is 6.92 Å². The third kappa shape index (κ3) is 3.08. The molecule has 1 aliphatic carbocycles. The molecule has 0 saturated heterocycles. The molecule has 6 nitrogen and oxygen atoms in total. The van der Waals surface area contributed by atoms with Gasteiger partial charge in [-0.05, 0) is 38.7 Å². The van der Waals surface area contributed by atoms with Crippen molar-refractivity contribution in [1.29, 1.82) is 0 Å². The molecule has 0 bridgehead atoms. The number of carbonyl (C=O) groups excluding carboxylic acids is 1. The molecule has 6 heteroatoms. The Kier molecular flexibility index (Phi) is 4.10. The number of pyridine rings is 1. The molecule has 1 amide bonds. The minimum atomic E-state index is -0.870. The second-order valence-corrected chi connectivity index (χ2v) is 6.43. The van der Waals surface area contributed by atoms with E-state index in [1.54, 1.807) is 6.92 Å². The molecular formula is C17H23N3O3. The van der Waals surface area contributed by atoms with Crippen molar-refractivity contribution in [3.8, 4) is 0 Å². The average Bonchev–Trinajstić information content (AvgIpc) is 3.35. The number of nitrogens with one attached hydrogen (secondary N) is 1. The number of hydrogen-bond acceptors (Lipinski definition) is 5. The van der Waals surface area contributed by atoms with Gasteiger partial charge in [-0.1, -0.05) is 19.0 Å². The van der Waals surface area contributed by atoms with E-state index in [1.165, 1.54) is 0 Å². The van der Waals surface area contributed by atoms with Crippen molar-refractivity contribution in [2.75, 3.05) is 6.54 Å². The van der Waals surface area contributed by atoms with E-state index >= 15 is 0 Å². The lowest BCUT2D eigenvalue weighted by atomic mass is 9.97. The fourth-order valence-corrected chi connectivity index (χ4v) is 2.72. The van der Waals surface area contributed by atoms with Crippen LogP contribution in [-0.2, 0) is 0 Å². The van der Waals surface area contributed by atoms with Gasteiger partial charge < -0.3 is 14.9 Å². The lowest BCUT2D eigenvalue weighted by Gasteiger charge is -2.25. The number of carbonyl (C=O) groups is 1. The molecule has 3 rings (SSSR count).